The van der Waals surface area contributed by atoms with E-state index in [1.54, 1.807) is 36.4 Å². The van der Waals surface area contributed by atoms with Crippen LogP contribution in [0.5, 0.6) is 17.2 Å². The Labute approximate surface area is 207 Å². The standard InChI is InChI=1S/C24H16BrN3O7/c1-34-21-11-14(10-18(25)22(21)35-24(31)15-5-3-2-4-6-15)9-16(13-26)23(30)27-19-8-7-17(28(32)33)12-20(19)29/h2-12,29H,1H3,(H,27,30)/b16-9-. The van der Waals surface area contributed by atoms with Crippen LogP contribution in [0.25, 0.3) is 6.08 Å². The number of aromatic hydroxyl groups is 1. The molecule has 176 valence electrons. The Balaban J connectivity index is 1.86. The predicted octanol–water partition coefficient (Wildman–Crippen LogP) is 4.84. The van der Waals surface area contributed by atoms with Crippen molar-refractivity contribution < 1.29 is 29.1 Å². The van der Waals surface area contributed by atoms with Gasteiger partial charge in [-0.25, -0.2) is 4.79 Å². The predicted molar refractivity (Wildman–Crippen MR) is 129 cm³/mol. The van der Waals surface area contributed by atoms with Gasteiger partial charge in [-0.2, -0.15) is 5.26 Å². The van der Waals surface area contributed by atoms with E-state index in [2.05, 4.69) is 21.2 Å². The molecule has 0 saturated carbocycles. The molecule has 1 amide bonds. The van der Waals surface area contributed by atoms with Crippen LogP contribution in [-0.2, 0) is 4.79 Å². The number of esters is 1. The Bertz CT molecular complexity index is 1380. The van der Waals surface area contributed by atoms with Crippen LogP contribution >= 0.6 is 15.9 Å². The lowest BCUT2D eigenvalue weighted by molar-refractivity contribution is -0.384. The fourth-order valence-corrected chi connectivity index (χ4v) is 3.43. The summed E-state index contributed by atoms with van der Waals surface area (Å²) < 4.78 is 11.1. The van der Waals surface area contributed by atoms with Crippen molar-refractivity contribution in [1.82, 2.24) is 0 Å². The zero-order chi connectivity index (χ0) is 25.5. The number of nitro groups is 1. The number of benzene rings is 3. The van der Waals surface area contributed by atoms with Crippen LogP contribution in [-0.4, -0.2) is 29.0 Å². The van der Waals surface area contributed by atoms with E-state index >= 15 is 0 Å². The van der Waals surface area contributed by atoms with E-state index in [-0.39, 0.29) is 28.4 Å². The molecule has 0 bridgehead atoms. The number of nitrogens with one attached hydrogen (secondary N) is 1. The van der Waals surface area contributed by atoms with E-state index in [4.69, 9.17) is 9.47 Å². The van der Waals surface area contributed by atoms with Gasteiger partial charge in [0.2, 0.25) is 0 Å². The summed E-state index contributed by atoms with van der Waals surface area (Å²) in [4.78, 5) is 35.1. The molecule has 0 atom stereocenters. The van der Waals surface area contributed by atoms with Crippen molar-refractivity contribution in [2.24, 2.45) is 0 Å². The van der Waals surface area contributed by atoms with Gasteiger partial charge < -0.3 is 19.9 Å². The van der Waals surface area contributed by atoms with E-state index in [1.807, 2.05) is 0 Å². The quantitative estimate of drug-likeness (QED) is 0.0825. The second kappa shape index (κ2) is 11.0. The van der Waals surface area contributed by atoms with Gasteiger partial charge in [0.15, 0.2) is 11.5 Å². The number of ether oxygens (including phenoxy) is 2. The van der Waals surface area contributed by atoms with Gasteiger partial charge >= 0.3 is 5.97 Å². The van der Waals surface area contributed by atoms with Crippen LogP contribution in [0, 0.1) is 21.4 Å². The number of rotatable bonds is 7. The molecule has 0 unspecified atom stereocenters. The lowest BCUT2D eigenvalue weighted by atomic mass is 10.1. The summed E-state index contributed by atoms with van der Waals surface area (Å²) >= 11 is 3.31. The summed E-state index contributed by atoms with van der Waals surface area (Å²) in [5, 5.41) is 32.5. The number of phenols is 1. The highest BCUT2D eigenvalue weighted by Gasteiger charge is 2.18. The van der Waals surface area contributed by atoms with E-state index in [9.17, 15) is 30.1 Å². The van der Waals surface area contributed by atoms with Crippen molar-refractivity contribution >= 4 is 45.3 Å². The van der Waals surface area contributed by atoms with Crippen molar-refractivity contribution in [2.75, 3.05) is 12.4 Å². The minimum Gasteiger partial charge on any atom is -0.506 e. The average Bonchev–Trinajstić information content (AvgIpc) is 2.85. The molecule has 0 aliphatic carbocycles. The third-order valence-electron chi connectivity index (χ3n) is 4.57. The fourth-order valence-electron chi connectivity index (χ4n) is 2.89. The summed E-state index contributed by atoms with van der Waals surface area (Å²) in [6, 6.07) is 16.2. The first-order valence-electron chi connectivity index (χ1n) is 9.78. The lowest BCUT2D eigenvalue weighted by Crippen LogP contribution is -2.13. The molecule has 11 heteroatoms. The zero-order valence-corrected chi connectivity index (χ0v) is 19.6. The van der Waals surface area contributed by atoms with E-state index in [0.29, 0.717) is 15.6 Å². The minimum atomic E-state index is -0.855. The van der Waals surface area contributed by atoms with Crippen LogP contribution in [0.15, 0.2) is 70.7 Å². The Kier molecular flexibility index (Phi) is 7.81. The number of nitriles is 1. The number of methoxy groups -OCH3 is 1. The molecule has 10 nitrogen and oxygen atoms in total. The zero-order valence-electron chi connectivity index (χ0n) is 18.0. The Morgan fingerprint density at radius 2 is 1.89 bits per heavy atom. The third kappa shape index (κ3) is 6.01. The van der Waals surface area contributed by atoms with E-state index in [1.165, 1.54) is 25.3 Å². The van der Waals surface area contributed by atoms with Crippen LogP contribution in [0.4, 0.5) is 11.4 Å². The molecule has 0 aromatic heterocycles. The number of phenolic OH excluding ortho intramolecular Hbond substituents is 1. The topological polar surface area (TPSA) is 152 Å². The third-order valence-corrected chi connectivity index (χ3v) is 5.16. The molecule has 3 aromatic carbocycles. The number of amides is 1. The van der Waals surface area contributed by atoms with E-state index < -0.39 is 22.5 Å². The van der Waals surface area contributed by atoms with Gasteiger partial charge in [0.25, 0.3) is 11.6 Å². The summed E-state index contributed by atoms with van der Waals surface area (Å²) in [6.45, 7) is 0. The van der Waals surface area contributed by atoms with Crippen LogP contribution in [0.1, 0.15) is 15.9 Å². The number of nitro benzene ring substituents is 1. The maximum atomic E-state index is 12.6. The number of anilines is 1. The summed E-state index contributed by atoms with van der Waals surface area (Å²) in [5.41, 5.74) is -0.0906. The molecule has 0 heterocycles. The number of non-ortho nitro benzene ring substituents is 1. The van der Waals surface area contributed by atoms with Crippen molar-refractivity contribution in [3.63, 3.8) is 0 Å². The average molecular weight is 538 g/mol. The minimum absolute atomic E-state index is 0.108. The number of carbonyl (C=O) groups excluding carboxylic acids is 2. The van der Waals surface area contributed by atoms with Crippen molar-refractivity contribution in [1.29, 1.82) is 5.26 Å². The van der Waals surface area contributed by atoms with Crippen molar-refractivity contribution in [2.45, 2.75) is 0 Å². The Morgan fingerprint density at radius 1 is 1.17 bits per heavy atom. The summed E-state index contributed by atoms with van der Waals surface area (Å²) in [7, 11) is 1.37. The summed E-state index contributed by atoms with van der Waals surface area (Å²) in [6.07, 6.45) is 1.26. The first kappa shape index (κ1) is 24.9. The highest BCUT2D eigenvalue weighted by Crippen LogP contribution is 2.38. The smallest absolute Gasteiger partial charge is 0.343 e. The lowest BCUT2D eigenvalue weighted by Gasteiger charge is -2.12. The van der Waals surface area contributed by atoms with Gasteiger partial charge in [0.1, 0.15) is 17.4 Å². The molecule has 0 aliphatic rings. The van der Waals surface area contributed by atoms with Gasteiger partial charge in [-0.1, -0.05) is 18.2 Å². The molecule has 3 rings (SSSR count). The first-order valence-corrected chi connectivity index (χ1v) is 10.6. The summed E-state index contributed by atoms with van der Waals surface area (Å²) in [5.74, 6) is -1.71. The second-order valence-electron chi connectivity index (χ2n) is 6.87. The molecule has 3 aromatic rings. The highest BCUT2D eigenvalue weighted by molar-refractivity contribution is 9.10. The van der Waals surface area contributed by atoms with Gasteiger partial charge in [0, 0.05) is 6.07 Å². The molecular formula is C24H16BrN3O7. The largest absolute Gasteiger partial charge is 0.506 e. The van der Waals surface area contributed by atoms with Gasteiger partial charge in [0.05, 0.1) is 33.8 Å². The number of nitrogens with zero attached hydrogens (tertiary/aromatic N) is 2. The van der Waals surface area contributed by atoms with Crippen LogP contribution in [0.2, 0.25) is 0 Å². The molecular weight excluding hydrogens is 522 g/mol. The number of carbonyl (C=O) groups is 2. The van der Waals surface area contributed by atoms with Crippen molar-refractivity contribution in [3.05, 3.63) is 92.0 Å². The van der Waals surface area contributed by atoms with Gasteiger partial charge in [-0.05, 0) is 57.9 Å². The Hall–Kier alpha value is -4.69. The second-order valence-corrected chi connectivity index (χ2v) is 7.73. The molecule has 0 spiro atoms. The first-order chi connectivity index (χ1) is 16.7. The van der Waals surface area contributed by atoms with Crippen molar-refractivity contribution in [3.8, 4) is 23.3 Å². The number of hydrogen-bond acceptors (Lipinski definition) is 8. The Morgan fingerprint density at radius 3 is 2.49 bits per heavy atom. The van der Waals surface area contributed by atoms with Gasteiger partial charge in [-0.3, -0.25) is 14.9 Å². The van der Waals surface area contributed by atoms with Crippen LogP contribution < -0.4 is 14.8 Å². The normalized spacial score (nSPS) is 10.7. The van der Waals surface area contributed by atoms with Gasteiger partial charge in [-0.15, -0.1) is 0 Å². The SMILES string of the molecule is COc1cc(/C=C(/C#N)C(=O)Nc2ccc([N+](=O)[O-])cc2O)cc(Br)c1OC(=O)c1ccccc1. The maximum absolute atomic E-state index is 12.6. The van der Waals surface area contributed by atoms with E-state index in [0.717, 1.165) is 18.2 Å². The molecule has 2 N–H and O–H groups in total. The fraction of sp³-hybridized carbons (Fsp3) is 0.0417. The monoisotopic (exact) mass is 537 g/mol. The molecule has 0 fully saturated rings. The molecule has 35 heavy (non-hydrogen) atoms. The number of hydrogen-bond donors (Lipinski definition) is 2. The molecule has 0 aliphatic heterocycles. The molecule has 0 radical (unpaired) electrons. The maximum Gasteiger partial charge on any atom is 0.343 e. The van der Waals surface area contributed by atoms with Crippen LogP contribution in [0.3, 0.4) is 0 Å². The number of halogens is 1. The molecule has 0 saturated heterocycles. The highest BCUT2D eigenvalue weighted by atomic mass is 79.9.